The van der Waals surface area contributed by atoms with Crippen LogP contribution in [0.15, 0.2) is 22.7 Å². The third kappa shape index (κ3) is 2.66. The number of nitrogens with zero attached hydrogens (tertiary/aromatic N) is 2. The maximum absolute atomic E-state index is 10.7. The maximum atomic E-state index is 10.7. The van der Waals surface area contributed by atoms with Crippen LogP contribution in [0.3, 0.4) is 0 Å². The largest absolute Gasteiger partial charge is 0.316 e. The Balaban J connectivity index is 1.69. The highest BCUT2D eigenvalue weighted by Gasteiger charge is 2.35. The molecule has 1 aromatic carbocycles. The number of fused-ring (bicyclic) bond motifs is 1. The van der Waals surface area contributed by atoms with Crippen LogP contribution in [0.4, 0.5) is 5.69 Å². The molecule has 1 N–H and O–H groups in total. The molecule has 2 aliphatic heterocycles. The van der Waals surface area contributed by atoms with Crippen LogP contribution in [0.5, 0.6) is 0 Å². The third-order valence-corrected chi connectivity index (χ3v) is 4.84. The molecule has 2 saturated heterocycles. The van der Waals surface area contributed by atoms with E-state index in [1.165, 1.54) is 0 Å². The second kappa shape index (κ2) is 5.19. The monoisotopic (exact) mass is 325 g/mol. The number of halogens is 1. The lowest BCUT2D eigenvalue weighted by atomic mass is 10.0. The lowest BCUT2D eigenvalue weighted by Gasteiger charge is -2.17. The van der Waals surface area contributed by atoms with Crippen molar-refractivity contribution in [3.05, 3.63) is 38.3 Å². The fraction of sp³-hybridized carbons (Fsp3) is 0.538. The van der Waals surface area contributed by atoms with Gasteiger partial charge in [-0.25, -0.2) is 0 Å². The van der Waals surface area contributed by atoms with E-state index in [-0.39, 0.29) is 10.6 Å². The Morgan fingerprint density at radius 3 is 2.63 bits per heavy atom. The molecule has 2 atom stereocenters. The van der Waals surface area contributed by atoms with Gasteiger partial charge in [-0.15, -0.1) is 0 Å². The second-order valence-corrected chi connectivity index (χ2v) is 6.26. The van der Waals surface area contributed by atoms with E-state index in [2.05, 4.69) is 26.1 Å². The fourth-order valence-electron chi connectivity index (χ4n) is 3.10. The first-order valence-electron chi connectivity index (χ1n) is 6.49. The minimum absolute atomic E-state index is 0.137. The van der Waals surface area contributed by atoms with E-state index in [1.807, 2.05) is 6.07 Å². The second-order valence-electron chi connectivity index (χ2n) is 5.41. The molecule has 0 aliphatic carbocycles. The van der Waals surface area contributed by atoms with Gasteiger partial charge in [0.15, 0.2) is 0 Å². The molecule has 0 unspecified atom stereocenters. The molecule has 1 aromatic rings. The van der Waals surface area contributed by atoms with E-state index in [1.54, 1.807) is 12.1 Å². The van der Waals surface area contributed by atoms with Crippen molar-refractivity contribution < 1.29 is 4.92 Å². The quantitative estimate of drug-likeness (QED) is 0.682. The van der Waals surface area contributed by atoms with Gasteiger partial charge in [0.2, 0.25) is 0 Å². The highest BCUT2D eigenvalue weighted by Crippen LogP contribution is 2.30. The van der Waals surface area contributed by atoms with E-state index in [0.29, 0.717) is 0 Å². The number of hydrogen-bond donors (Lipinski definition) is 1. The van der Waals surface area contributed by atoms with Gasteiger partial charge in [0, 0.05) is 36.2 Å². The summed E-state index contributed by atoms with van der Waals surface area (Å²) < 4.78 is 0.830. The smallest absolute Gasteiger partial charge is 0.270 e. The van der Waals surface area contributed by atoms with E-state index in [0.717, 1.165) is 54.6 Å². The molecule has 0 aromatic heterocycles. The molecule has 2 heterocycles. The van der Waals surface area contributed by atoms with E-state index < -0.39 is 0 Å². The topological polar surface area (TPSA) is 58.4 Å². The summed E-state index contributed by atoms with van der Waals surface area (Å²) in [6, 6.07) is 5.03. The molecule has 102 valence electrons. The molecule has 3 rings (SSSR count). The average Bonchev–Trinajstić information content (AvgIpc) is 2.92. The first kappa shape index (κ1) is 13.0. The van der Waals surface area contributed by atoms with Crippen molar-refractivity contribution in [3.63, 3.8) is 0 Å². The zero-order valence-corrected chi connectivity index (χ0v) is 12.1. The summed E-state index contributed by atoms with van der Waals surface area (Å²) in [5, 5.41) is 14.1. The molecule has 19 heavy (non-hydrogen) atoms. The number of nitro groups is 1. The number of nitrogens with one attached hydrogen (secondary N) is 1. The fourth-order valence-corrected chi connectivity index (χ4v) is 3.59. The molecule has 6 heteroatoms. The van der Waals surface area contributed by atoms with Gasteiger partial charge >= 0.3 is 0 Å². The van der Waals surface area contributed by atoms with Gasteiger partial charge < -0.3 is 5.32 Å². The SMILES string of the molecule is O=[N+]([O-])c1ccc(CN2C[C@H]3CNC[C@H]3C2)c(Br)c1. The van der Waals surface area contributed by atoms with Crippen molar-refractivity contribution in [1.29, 1.82) is 0 Å². The van der Waals surface area contributed by atoms with Crippen molar-refractivity contribution in [2.45, 2.75) is 6.54 Å². The normalized spacial score (nSPS) is 26.6. The first-order chi connectivity index (χ1) is 9.13. The molecule has 0 bridgehead atoms. The Morgan fingerprint density at radius 2 is 2.05 bits per heavy atom. The lowest BCUT2D eigenvalue weighted by molar-refractivity contribution is -0.384. The molecular formula is C13H16BrN3O2. The Kier molecular flexibility index (Phi) is 3.56. The minimum atomic E-state index is -0.361. The number of nitro benzene ring substituents is 1. The van der Waals surface area contributed by atoms with E-state index >= 15 is 0 Å². The van der Waals surface area contributed by atoms with E-state index in [4.69, 9.17) is 0 Å². The molecular weight excluding hydrogens is 310 g/mol. The average molecular weight is 326 g/mol. The third-order valence-electron chi connectivity index (χ3n) is 4.11. The Hall–Kier alpha value is -0.980. The predicted molar refractivity (Wildman–Crippen MR) is 75.9 cm³/mol. The van der Waals surface area contributed by atoms with Gasteiger partial charge in [0.1, 0.15) is 0 Å². The summed E-state index contributed by atoms with van der Waals surface area (Å²) in [7, 11) is 0. The lowest BCUT2D eigenvalue weighted by Crippen LogP contribution is -2.25. The minimum Gasteiger partial charge on any atom is -0.316 e. The zero-order chi connectivity index (χ0) is 13.4. The summed E-state index contributed by atoms with van der Waals surface area (Å²) >= 11 is 3.44. The van der Waals surface area contributed by atoms with Crippen LogP contribution in [-0.4, -0.2) is 36.0 Å². The van der Waals surface area contributed by atoms with Crippen LogP contribution < -0.4 is 5.32 Å². The number of likely N-dealkylation sites (tertiary alicyclic amines) is 1. The molecule has 2 fully saturated rings. The Morgan fingerprint density at radius 1 is 1.37 bits per heavy atom. The number of benzene rings is 1. The van der Waals surface area contributed by atoms with Crippen molar-refractivity contribution >= 4 is 21.6 Å². The molecule has 0 spiro atoms. The summed E-state index contributed by atoms with van der Waals surface area (Å²) in [5.41, 5.74) is 1.26. The first-order valence-corrected chi connectivity index (χ1v) is 7.28. The van der Waals surface area contributed by atoms with Crippen LogP contribution in [0.2, 0.25) is 0 Å². The highest BCUT2D eigenvalue weighted by molar-refractivity contribution is 9.10. The summed E-state index contributed by atoms with van der Waals surface area (Å²) in [6.07, 6.45) is 0. The van der Waals surface area contributed by atoms with Crippen LogP contribution in [0, 0.1) is 22.0 Å². The van der Waals surface area contributed by atoms with Crippen molar-refractivity contribution in [2.75, 3.05) is 26.2 Å². The molecule has 5 nitrogen and oxygen atoms in total. The number of rotatable bonds is 3. The molecule has 0 amide bonds. The molecule has 2 aliphatic rings. The highest BCUT2D eigenvalue weighted by atomic mass is 79.9. The number of non-ortho nitro benzene ring substituents is 1. The van der Waals surface area contributed by atoms with Crippen LogP contribution in [0.1, 0.15) is 5.56 Å². The van der Waals surface area contributed by atoms with Crippen molar-refractivity contribution in [3.8, 4) is 0 Å². The van der Waals surface area contributed by atoms with Crippen LogP contribution in [0.25, 0.3) is 0 Å². The molecule has 0 radical (unpaired) electrons. The van der Waals surface area contributed by atoms with Crippen LogP contribution in [-0.2, 0) is 6.54 Å². The van der Waals surface area contributed by atoms with Gasteiger partial charge in [-0.3, -0.25) is 15.0 Å². The molecule has 0 saturated carbocycles. The van der Waals surface area contributed by atoms with Crippen molar-refractivity contribution in [2.24, 2.45) is 11.8 Å². The van der Waals surface area contributed by atoms with Gasteiger partial charge in [0.05, 0.1) is 4.92 Å². The summed E-state index contributed by atoms with van der Waals surface area (Å²) in [5.74, 6) is 1.55. The number of hydrogen-bond acceptors (Lipinski definition) is 4. The van der Waals surface area contributed by atoms with Gasteiger partial charge in [-0.1, -0.05) is 15.9 Å². The van der Waals surface area contributed by atoms with Crippen molar-refractivity contribution in [1.82, 2.24) is 10.2 Å². The van der Waals surface area contributed by atoms with Crippen LogP contribution >= 0.6 is 15.9 Å². The van der Waals surface area contributed by atoms with Gasteiger partial charge in [0.25, 0.3) is 5.69 Å². The van der Waals surface area contributed by atoms with Gasteiger partial charge in [-0.05, 0) is 36.6 Å². The standard InChI is InChI=1S/C13H16BrN3O2/c14-13-3-12(17(18)19)2-1-9(13)6-16-7-10-4-15-5-11(10)8-16/h1-3,10-11,15H,4-8H2/t10-,11+. The Labute approximate surface area is 120 Å². The van der Waals surface area contributed by atoms with E-state index in [9.17, 15) is 10.1 Å². The zero-order valence-electron chi connectivity index (χ0n) is 10.5. The summed E-state index contributed by atoms with van der Waals surface area (Å²) in [6.45, 7) is 5.37. The predicted octanol–water partition coefficient (Wildman–Crippen LogP) is 2.01. The van der Waals surface area contributed by atoms with Gasteiger partial charge in [-0.2, -0.15) is 0 Å². The maximum Gasteiger partial charge on any atom is 0.270 e. The Bertz CT molecular complexity index is 497. The summed E-state index contributed by atoms with van der Waals surface area (Å²) in [4.78, 5) is 12.8.